The fraction of sp³-hybridized carbons (Fsp3) is 0. The lowest BCUT2D eigenvalue weighted by Gasteiger charge is -2.06. The predicted octanol–water partition coefficient (Wildman–Crippen LogP) is 2.82. The number of carbonyl (C=O) groups excluding carboxylic acids is 1. The molecule has 0 radical (unpaired) electrons. The molecule has 6 heteroatoms. The average molecular weight is 303 g/mol. The molecule has 2 rings (SSSR count). The summed E-state index contributed by atoms with van der Waals surface area (Å²) in [5.74, 6) is -3.78. The second-order valence-electron chi connectivity index (χ2n) is 4.35. The SMILES string of the molecule is O=C(O)/C(=C/c1ccc(F)cc1F)NC(=O)c1ccccc1. The number of aliphatic carboxylic acids is 1. The Labute approximate surface area is 124 Å². The Morgan fingerprint density at radius 3 is 2.32 bits per heavy atom. The van der Waals surface area contributed by atoms with Gasteiger partial charge >= 0.3 is 5.97 Å². The lowest BCUT2D eigenvalue weighted by atomic mass is 10.1. The van der Waals surface area contributed by atoms with Gasteiger partial charge in [0.05, 0.1) is 0 Å². The maximum Gasteiger partial charge on any atom is 0.352 e. The molecular formula is C16H11F2NO3. The first-order chi connectivity index (χ1) is 10.5. The second kappa shape index (κ2) is 6.62. The zero-order chi connectivity index (χ0) is 16.1. The fourth-order valence-electron chi connectivity index (χ4n) is 1.71. The van der Waals surface area contributed by atoms with Gasteiger partial charge in [0.15, 0.2) is 0 Å². The second-order valence-corrected chi connectivity index (χ2v) is 4.35. The van der Waals surface area contributed by atoms with E-state index >= 15 is 0 Å². The summed E-state index contributed by atoms with van der Waals surface area (Å²) in [7, 11) is 0. The lowest BCUT2D eigenvalue weighted by molar-refractivity contribution is -0.132. The molecule has 0 bridgehead atoms. The molecular weight excluding hydrogens is 292 g/mol. The Balaban J connectivity index is 2.29. The lowest BCUT2D eigenvalue weighted by Crippen LogP contribution is -2.27. The smallest absolute Gasteiger partial charge is 0.352 e. The Bertz CT molecular complexity index is 742. The van der Waals surface area contributed by atoms with Crippen molar-refractivity contribution in [1.82, 2.24) is 5.32 Å². The molecule has 0 unspecified atom stereocenters. The van der Waals surface area contributed by atoms with E-state index in [4.69, 9.17) is 5.11 Å². The van der Waals surface area contributed by atoms with Crippen LogP contribution in [0.3, 0.4) is 0 Å². The monoisotopic (exact) mass is 303 g/mol. The zero-order valence-electron chi connectivity index (χ0n) is 11.2. The van der Waals surface area contributed by atoms with Gasteiger partial charge in [0.2, 0.25) is 0 Å². The summed E-state index contributed by atoms with van der Waals surface area (Å²) in [6.07, 6.45) is 0.929. The van der Waals surface area contributed by atoms with E-state index in [1.54, 1.807) is 18.2 Å². The highest BCUT2D eigenvalue weighted by Crippen LogP contribution is 2.13. The summed E-state index contributed by atoms with van der Waals surface area (Å²) in [4.78, 5) is 23.1. The van der Waals surface area contributed by atoms with Gasteiger partial charge in [-0.1, -0.05) is 18.2 Å². The Hall–Kier alpha value is -3.02. The van der Waals surface area contributed by atoms with E-state index in [9.17, 15) is 18.4 Å². The number of carboxylic acid groups (broad SMARTS) is 1. The van der Waals surface area contributed by atoms with Crippen molar-refractivity contribution in [2.75, 3.05) is 0 Å². The van der Waals surface area contributed by atoms with Crippen molar-refractivity contribution >= 4 is 18.0 Å². The highest BCUT2D eigenvalue weighted by molar-refractivity contribution is 6.02. The minimum absolute atomic E-state index is 0.146. The normalized spacial score (nSPS) is 11.1. The molecule has 0 spiro atoms. The molecule has 0 aliphatic carbocycles. The molecule has 22 heavy (non-hydrogen) atoms. The molecule has 2 N–H and O–H groups in total. The summed E-state index contributed by atoms with van der Waals surface area (Å²) in [5.41, 5.74) is -0.402. The standard InChI is InChI=1S/C16H11F2NO3/c17-12-7-6-11(13(18)9-12)8-14(16(21)22)19-15(20)10-4-2-1-3-5-10/h1-9H,(H,19,20)(H,21,22)/b14-8-. The van der Waals surface area contributed by atoms with Gasteiger partial charge in [-0.25, -0.2) is 13.6 Å². The Kier molecular flexibility index (Phi) is 4.63. The van der Waals surface area contributed by atoms with E-state index in [1.165, 1.54) is 12.1 Å². The van der Waals surface area contributed by atoms with Crippen molar-refractivity contribution in [3.05, 3.63) is 77.0 Å². The summed E-state index contributed by atoms with van der Waals surface area (Å²) in [5, 5.41) is 11.3. The van der Waals surface area contributed by atoms with Gasteiger partial charge in [0, 0.05) is 17.2 Å². The number of halogens is 2. The fourth-order valence-corrected chi connectivity index (χ4v) is 1.71. The third-order valence-corrected chi connectivity index (χ3v) is 2.78. The summed E-state index contributed by atoms with van der Waals surface area (Å²) < 4.78 is 26.4. The molecule has 112 valence electrons. The van der Waals surface area contributed by atoms with E-state index in [0.717, 1.165) is 18.2 Å². The Morgan fingerprint density at radius 2 is 1.73 bits per heavy atom. The van der Waals surface area contributed by atoms with Crippen molar-refractivity contribution in [2.24, 2.45) is 0 Å². The third kappa shape index (κ3) is 3.76. The topological polar surface area (TPSA) is 66.4 Å². The van der Waals surface area contributed by atoms with Gasteiger partial charge in [0.1, 0.15) is 17.3 Å². The van der Waals surface area contributed by atoms with E-state index < -0.39 is 29.2 Å². The minimum Gasteiger partial charge on any atom is -0.477 e. The number of carbonyl (C=O) groups is 2. The van der Waals surface area contributed by atoms with Gasteiger partial charge in [-0.05, 0) is 30.3 Å². The molecule has 0 aliphatic rings. The van der Waals surface area contributed by atoms with Crippen LogP contribution in [0.25, 0.3) is 6.08 Å². The van der Waals surface area contributed by atoms with Crippen LogP contribution in [0.2, 0.25) is 0 Å². The molecule has 0 saturated heterocycles. The van der Waals surface area contributed by atoms with Crippen molar-refractivity contribution in [3.63, 3.8) is 0 Å². The maximum atomic E-state index is 13.5. The van der Waals surface area contributed by atoms with Crippen LogP contribution in [0.15, 0.2) is 54.2 Å². The summed E-state index contributed by atoms with van der Waals surface area (Å²) in [6, 6.07) is 10.7. The molecule has 0 aromatic heterocycles. The number of hydrogen-bond donors (Lipinski definition) is 2. The number of nitrogens with one attached hydrogen (secondary N) is 1. The van der Waals surface area contributed by atoms with E-state index in [1.807, 2.05) is 0 Å². The summed E-state index contributed by atoms with van der Waals surface area (Å²) >= 11 is 0. The first-order valence-electron chi connectivity index (χ1n) is 6.24. The molecule has 0 fully saturated rings. The van der Waals surface area contributed by atoms with Crippen LogP contribution in [-0.4, -0.2) is 17.0 Å². The van der Waals surface area contributed by atoms with E-state index in [0.29, 0.717) is 6.07 Å². The Morgan fingerprint density at radius 1 is 1.05 bits per heavy atom. The largest absolute Gasteiger partial charge is 0.477 e. The van der Waals surface area contributed by atoms with Gasteiger partial charge in [0.25, 0.3) is 5.91 Å². The van der Waals surface area contributed by atoms with Crippen molar-refractivity contribution in [1.29, 1.82) is 0 Å². The van der Waals surface area contributed by atoms with Crippen LogP contribution in [-0.2, 0) is 4.79 Å². The highest BCUT2D eigenvalue weighted by atomic mass is 19.1. The molecule has 1 amide bonds. The van der Waals surface area contributed by atoms with Crippen LogP contribution in [0.5, 0.6) is 0 Å². The van der Waals surface area contributed by atoms with Gasteiger partial charge in [-0.15, -0.1) is 0 Å². The molecule has 0 saturated carbocycles. The number of rotatable bonds is 4. The predicted molar refractivity (Wildman–Crippen MR) is 75.9 cm³/mol. The number of carboxylic acids is 1. The minimum atomic E-state index is -1.44. The van der Waals surface area contributed by atoms with Crippen molar-refractivity contribution in [3.8, 4) is 0 Å². The van der Waals surface area contributed by atoms with Crippen LogP contribution >= 0.6 is 0 Å². The third-order valence-electron chi connectivity index (χ3n) is 2.78. The first kappa shape index (κ1) is 15.4. The number of hydrogen-bond acceptors (Lipinski definition) is 2. The molecule has 2 aromatic carbocycles. The summed E-state index contributed by atoms with van der Waals surface area (Å²) in [6.45, 7) is 0. The molecule has 0 aliphatic heterocycles. The van der Waals surface area contributed by atoms with E-state index in [2.05, 4.69) is 5.32 Å². The number of amides is 1. The maximum absolute atomic E-state index is 13.5. The zero-order valence-corrected chi connectivity index (χ0v) is 11.2. The van der Waals surface area contributed by atoms with Gasteiger partial charge in [-0.2, -0.15) is 0 Å². The van der Waals surface area contributed by atoms with Crippen LogP contribution in [0.1, 0.15) is 15.9 Å². The van der Waals surface area contributed by atoms with Crippen LogP contribution in [0.4, 0.5) is 8.78 Å². The highest BCUT2D eigenvalue weighted by Gasteiger charge is 2.14. The van der Waals surface area contributed by atoms with E-state index in [-0.39, 0.29) is 11.1 Å². The first-order valence-corrected chi connectivity index (χ1v) is 6.24. The van der Waals surface area contributed by atoms with Gasteiger partial charge < -0.3 is 10.4 Å². The molecule has 0 heterocycles. The molecule has 0 atom stereocenters. The van der Waals surface area contributed by atoms with Crippen LogP contribution < -0.4 is 5.32 Å². The quantitative estimate of drug-likeness (QED) is 0.854. The molecule has 4 nitrogen and oxygen atoms in total. The van der Waals surface area contributed by atoms with Crippen LogP contribution in [0, 0.1) is 11.6 Å². The van der Waals surface area contributed by atoms with Crippen molar-refractivity contribution in [2.45, 2.75) is 0 Å². The van der Waals surface area contributed by atoms with Crippen molar-refractivity contribution < 1.29 is 23.5 Å². The molecule has 2 aromatic rings. The number of benzene rings is 2. The average Bonchev–Trinajstić information content (AvgIpc) is 2.49. The van der Waals surface area contributed by atoms with Gasteiger partial charge in [-0.3, -0.25) is 4.79 Å².